The SMILES string of the molecule is CC(C)(C)OCC1CCC(CN2C[C@H](O)C(O)C[C@@H]2CO)CC1. The molecule has 0 aromatic heterocycles. The first-order chi connectivity index (χ1) is 10.8. The van der Waals surface area contributed by atoms with Crippen LogP contribution in [0, 0.1) is 11.8 Å². The van der Waals surface area contributed by atoms with Gasteiger partial charge in [-0.15, -0.1) is 0 Å². The van der Waals surface area contributed by atoms with Crippen LogP contribution >= 0.6 is 0 Å². The first-order valence-electron chi connectivity index (χ1n) is 9.13. The molecule has 3 atom stereocenters. The fraction of sp³-hybridized carbons (Fsp3) is 1.00. The molecule has 0 aromatic carbocycles. The molecular weight excluding hydrogens is 294 g/mol. The highest BCUT2D eigenvalue weighted by atomic mass is 16.5. The Morgan fingerprint density at radius 2 is 1.61 bits per heavy atom. The maximum atomic E-state index is 9.89. The number of piperidine rings is 1. The number of aliphatic hydroxyl groups excluding tert-OH is 3. The number of aliphatic hydroxyl groups is 3. The average Bonchev–Trinajstić information content (AvgIpc) is 2.49. The minimum absolute atomic E-state index is 0.0182. The van der Waals surface area contributed by atoms with Crippen molar-refractivity contribution >= 4 is 0 Å². The van der Waals surface area contributed by atoms with Crippen molar-refractivity contribution in [2.45, 2.75) is 76.7 Å². The summed E-state index contributed by atoms with van der Waals surface area (Å²) in [5.74, 6) is 1.28. The van der Waals surface area contributed by atoms with E-state index in [0.717, 1.165) is 13.2 Å². The van der Waals surface area contributed by atoms with Crippen molar-refractivity contribution in [3.8, 4) is 0 Å². The molecule has 1 saturated heterocycles. The maximum Gasteiger partial charge on any atom is 0.0926 e. The largest absolute Gasteiger partial charge is 0.395 e. The van der Waals surface area contributed by atoms with E-state index in [2.05, 4.69) is 25.7 Å². The van der Waals surface area contributed by atoms with Gasteiger partial charge in [0.2, 0.25) is 0 Å². The predicted molar refractivity (Wildman–Crippen MR) is 90.2 cm³/mol. The molecule has 23 heavy (non-hydrogen) atoms. The van der Waals surface area contributed by atoms with Gasteiger partial charge in [-0.1, -0.05) is 0 Å². The third-order valence-electron chi connectivity index (χ3n) is 5.32. The van der Waals surface area contributed by atoms with E-state index in [1.54, 1.807) is 0 Å². The van der Waals surface area contributed by atoms with E-state index in [-0.39, 0.29) is 18.2 Å². The van der Waals surface area contributed by atoms with Gasteiger partial charge in [0.05, 0.1) is 31.0 Å². The van der Waals surface area contributed by atoms with Crippen LogP contribution < -0.4 is 0 Å². The Hall–Kier alpha value is -0.200. The van der Waals surface area contributed by atoms with Crippen LogP contribution in [0.3, 0.4) is 0 Å². The summed E-state index contributed by atoms with van der Waals surface area (Å²) in [4.78, 5) is 2.17. The Morgan fingerprint density at radius 1 is 1.00 bits per heavy atom. The van der Waals surface area contributed by atoms with Crippen molar-refractivity contribution in [2.75, 3.05) is 26.3 Å². The molecule has 0 spiro atoms. The van der Waals surface area contributed by atoms with Gasteiger partial charge in [0.15, 0.2) is 0 Å². The standard InChI is InChI=1S/C18H35NO4/c1-18(2,3)23-12-14-6-4-13(5-7-14)9-19-10-17(22)16(21)8-15(19)11-20/h13-17,20-22H,4-12H2,1-3H3/t13?,14?,15-,16?,17+/m1/s1. The zero-order chi connectivity index (χ0) is 17.0. The van der Waals surface area contributed by atoms with Crippen LogP contribution in [0.2, 0.25) is 0 Å². The Kier molecular flexibility index (Phi) is 6.87. The predicted octanol–water partition coefficient (Wildman–Crippen LogP) is 1.40. The van der Waals surface area contributed by atoms with Crippen LogP contribution in [0.15, 0.2) is 0 Å². The van der Waals surface area contributed by atoms with Gasteiger partial charge in [-0.3, -0.25) is 4.90 Å². The summed E-state index contributed by atoms with van der Waals surface area (Å²) in [5.41, 5.74) is -0.0596. The van der Waals surface area contributed by atoms with Gasteiger partial charge in [0.1, 0.15) is 0 Å². The lowest BCUT2D eigenvalue weighted by Gasteiger charge is -2.42. The van der Waals surface area contributed by atoms with Crippen LogP contribution in [0.4, 0.5) is 0 Å². The summed E-state index contributed by atoms with van der Waals surface area (Å²) in [7, 11) is 0. The minimum atomic E-state index is -0.700. The summed E-state index contributed by atoms with van der Waals surface area (Å²) < 4.78 is 5.91. The van der Waals surface area contributed by atoms with E-state index in [0.29, 0.717) is 24.8 Å². The molecule has 2 fully saturated rings. The minimum Gasteiger partial charge on any atom is -0.395 e. The van der Waals surface area contributed by atoms with Crippen molar-refractivity contribution in [3.05, 3.63) is 0 Å². The maximum absolute atomic E-state index is 9.89. The lowest BCUT2D eigenvalue weighted by Crippen LogP contribution is -2.54. The molecule has 5 nitrogen and oxygen atoms in total. The number of ether oxygens (including phenoxy) is 1. The van der Waals surface area contributed by atoms with Gasteiger partial charge < -0.3 is 20.1 Å². The summed E-state index contributed by atoms with van der Waals surface area (Å²) in [6.07, 6.45) is 3.85. The van der Waals surface area contributed by atoms with E-state index in [9.17, 15) is 15.3 Å². The molecule has 0 aromatic rings. The highest BCUT2D eigenvalue weighted by Crippen LogP contribution is 2.31. The smallest absolute Gasteiger partial charge is 0.0926 e. The van der Waals surface area contributed by atoms with Crippen LogP contribution in [-0.4, -0.2) is 70.4 Å². The molecular formula is C18H35NO4. The zero-order valence-corrected chi connectivity index (χ0v) is 14.9. The normalized spacial score (nSPS) is 37.0. The first kappa shape index (κ1) is 19.1. The molecule has 1 unspecified atom stereocenters. The van der Waals surface area contributed by atoms with E-state index in [1.165, 1.54) is 25.7 Å². The molecule has 0 radical (unpaired) electrons. The summed E-state index contributed by atoms with van der Waals surface area (Å²) in [6.45, 7) is 8.60. The molecule has 1 aliphatic carbocycles. The second-order valence-corrected chi connectivity index (χ2v) is 8.47. The lowest BCUT2D eigenvalue weighted by atomic mass is 9.81. The van der Waals surface area contributed by atoms with Gasteiger partial charge in [0.25, 0.3) is 0 Å². The molecule has 0 amide bonds. The molecule has 5 heteroatoms. The second-order valence-electron chi connectivity index (χ2n) is 8.47. The van der Waals surface area contributed by atoms with Crippen LogP contribution in [0.5, 0.6) is 0 Å². The Balaban J connectivity index is 1.75. The monoisotopic (exact) mass is 329 g/mol. The number of hydrogen-bond donors (Lipinski definition) is 3. The Labute approximate surface area is 140 Å². The third-order valence-corrected chi connectivity index (χ3v) is 5.32. The van der Waals surface area contributed by atoms with Crippen molar-refractivity contribution < 1.29 is 20.1 Å². The van der Waals surface area contributed by atoms with Gasteiger partial charge in [0, 0.05) is 19.1 Å². The van der Waals surface area contributed by atoms with E-state index in [1.807, 2.05) is 0 Å². The topological polar surface area (TPSA) is 73.2 Å². The van der Waals surface area contributed by atoms with Crippen LogP contribution in [0.25, 0.3) is 0 Å². The van der Waals surface area contributed by atoms with Crippen molar-refractivity contribution in [3.63, 3.8) is 0 Å². The van der Waals surface area contributed by atoms with Crippen LogP contribution in [-0.2, 0) is 4.74 Å². The summed E-state index contributed by atoms with van der Waals surface area (Å²) in [5, 5.41) is 29.2. The lowest BCUT2D eigenvalue weighted by molar-refractivity contribution is -0.0772. The van der Waals surface area contributed by atoms with Crippen molar-refractivity contribution in [1.29, 1.82) is 0 Å². The van der Waals surface area contributed by atoms with Crippen molar-refractivity contribution in [1.82, 2.24) is 4.90 Å². The van der Waals surface area contributed by atoms with Crippen LogP contribution in [0.1, 0.15) is 52.9 Å². The number of hydrogen-bond acceptors (Lipinski definition) is 5. The molecule has 1 aliphatic heterocycles. The number of likely N-dealkylation sites (tertiary alicyclic amines) is 1. The molecule has 2 aliphatic rings. The highest BCUT2D eigenvalue weighted by Gasteiger charge is 2.35. The number of nitrogens with zero attached hydrogens (tertiary/aromatic N) is 1. The third kappa shape index (κ3) is 5.98. The highest BCUT2D eigenvalue weighted by molar-refractivity contribution is 4.88. The zero-order valence-electron chi connectivity index (χ0n) is 14.9. The van der Waals surface area contributed by atoms with Gasteiger partial charge in [-0.05, 0) is 64.7 Å². The summed E-state index contributed by atoms with van der Waals surface area (Å²) in [6, 6.07) is -0.0182. The fourth-order valence-corrected chi connectivity index (χ4v) is 3.79. The Morgan fingerprint density at radius 3 is 2.17 bits per heavy atom. The molecule has 0 bridgehead atoms. The molecule has 1 heterocycles. The quantitative estimate of drug-likeness (QED) is 0.711. The summed E-state index contributed by atoms with van der Waals surface area (Å²) >= 11 is 0. The molecule has 3 N–H and O–H groups in total. The van der Waals surface area contributed by atoms with Gasteiger partial charge in [-0.25, -0.2) is 0 Å². The fourth-order valence-electron chi connectivity index (χ4n) is 3.79. The second kappa shape index (κ2) is 8.26. The van der Waals surface area contributed by atoms with E-state index < -0.39 is 12.2 Å². The average molecular weight is 329 g/mol. The Bertz CT molecular complexity index is 349. The van der Waals surface area contributed by atoms with Gasteiger partial charge >= 0.3 is 0 Å². The molecule has 2 rings (SSSR count). The van der Waals surface area contributed by atoms with E-state index >= 15 is 0 Å². The molecule has 136 valence electrons. The molecule has 1 saturated carbocycles. The first-order valence-corrected chi connectivity index (χ1v) is 9.13. The van der Waals surface area contributed by atoms with Crippen molar-refractivity contribution in [2.24, 2.45) is 11.8 Å². The number of β-amino-alcohol motifs (C(OH)–C–C–N with tert-alkyl or cyclic N) is 1. The van der Waals surface area contributed by atoms with Gasteiger partial charge in [-0.2, -0.15) is 0 Å². The van der Waals surface area contributed by atoms with E-state index in [4.69, 9.17) is 4.74 Å². The number of rotatable bonds is 5.